The molecule has 0 unspecified atom stereocenters. The highest BCUT2D eigenvalue weighted by Gasteiger charge is 2.13. The van der Waals surface area contributed by atoms with E-state index in [0.29, 0.717) is 6.54 Å². The third-order valence-electron chi connectivity index (χ3n) is 2.90. The Hall–Kier alpha value is -2.15. The van der Waals surface area contributed by atoms with Crippen molar-refractivity contribution < 1.29 is 19.1 Å². The number of anilines is 1. The van der Waals surface area contributed by atoms with Gasteiger partial charge in [0.05, 0.1) is 11.3 Å². The minimum Gasteiger partial charge on any atom is -0.478 e. The molecule has 21 heavy (non-hydrogen) atoms. The Bertz CT molecular complexity index is 520. The summed E-state index contributed by atoms with van der Waals surface area (Å²) in [5.74, 6) is -1.99. The molecule has 1 rings (SSSR count). The summed E-state index contributed by atoms with van der Waals surface area (Å²) in [6, 6.07) is 2.93. The molecule has 0 saturated heterocycles. The molecule has 7 heteroatoms. The molecule has 0 fully saturated rings. The highest BCUT2D eigenvalue weighted by molar-refractivity contribution is 5.91. The van der Waals surface area contributed by atoms with Gasteiger partial charge in [0.15, 0.2) is 0 Å². The zero-order valence-electron chi connectivity index (χ0n) is 12.4. The van der Waals surface area contributed by atoms with Gasteiger partial charge in [0.1, 0.15) is 5.82 Å². The molecule has 2 amide bonds. The number of hydrogen-bond donors (Lipinski definition) is 2. The molecule has 2 N–H and O–H groups in total. The maximum atomic E-state index is 13.7. The third kappa shape index (κ3) is 5.39. The van der Waals surface area contributed by atoms with E-state index in [1.165, 1.54) is 17.0 Å². The van der Waals surface area contributed by atoms with Crippen LogP contribution in [0.15, 0.2) is 18.2 Å². The number of halogens is 1. The standard InChI is InChI=1S/C14H20FN3O3/c1-17(2)7-4-8-18(3)14(21)16-12-6-5-10(13(19)20)9-11(12)15/h5-6,9H,4,7-8H2,1-3H3,(H,16,21)(H,19,20). The molecular weight excluding hydrogens is 277 g/mol. The van der Waals surface area contributed by atoms with Gasteiger partial charge >= 0.3 is 12.0 Å². The highest BCUT2D eigenvalue weighted by atomic mass is 19.1. The zero-order valence-corrected chi connectivity index (χ0v) is 12.4. The van der Waals surface area contributed by atoms with Gasteiger partial charge in [-0.3, -0.25) is 0 Å². The molecule has 0 atom stereocenters. The monoisotopic (exact) mass is 297 g/mol. The lowest BCUT2D eigenvalue weighted by molar-refractivity contribution is 0.0696. The first-order valence-electron chi connectivity index (χ1n) is 6.51. The van der Waals surface area contributed by atoms with Crippen LogP contribution in [0.3, 0.4) is 0 Å². The van der Waals surface area contributed by atoms with Gasteiger partial charge in [-0.05, 0) is 45.3 Å². The summed E-state index contributed by atoms with van der Waals surface area (Å²) in [7, 11) is 5.51. The average Bonchev–Trinajstić information content (AvgIpc) is 2.40. The fraction of sp³-hybridized carbons (Fsp3) is 0.429. The van der Waals surface area contributed by atoms with Gasteiger partial charge in [-0.15, -0.1) is 0 Å². The smallest absolute Gasteiger partial charge is 0.335 e. The lowest BCUT2D eigenvalue weighted by atomic mass is 10.2. The van der Waals surface area contributed by atoms with Crippen molar-refractivity contribution in [3.63, 3.8) is 0 Å². The van der Waals surface area contributed by atoms with Crippen LogP contribution in [0.2, 0.25) is 0 Å². The van der Waals surface area contributed by atoms with Gasteiger partial charge in [-0.25, -0.2) is 14.0 Å². The van der Waals surface area contributed by atoms with Crippen molar-refractivity contribution in [1.29, 1.82) is 0 Å². The fourth-order valence-corrected chi connectivity index (χ4v) is 1.69. The minimum atomic E-state index is -1.22. The van der Waals surface area contributed by atoms with Crippen molar-refractivity contribution in [1.82, 2.24) is 9.80 Å². The van der Waals surface area contributed by atoms with Crippen LogP contribution in [-0.4, -0.2) is 61.1 Å². The van der Waals surface area contributed by atoms with Crippen molar-refractivity contribution in [2.24, 2.45) is 0 Å². The van der Waals surface area contributed by atoms with Gasteiger partial charge in [-0.2, -0.15) is 0 Å². The quantitative estimate of drug-likeness (QED) is 0.841. The molecule has 0 aliphatic rings. The summed E-state index contributed by atoms with van der Waals surface area (Å²) < 4.78 is 13.7. The first-order chi connectivity index (χ1) is 9.81. The molecule has 0 radical (unpaired) electrons. The summed E-state index contributed by atoms with van der Waals surface area (Å²) in [6.07, 6.45) is 0.803. The van der Waals surface area contributed by atoms with Crippen LogP contribution in [0.5, 0.6) is 0 Å². The van der Waals surface area contributed by atoms with E-state index in [4.69, 9.17) is 5.11 Å². The zero-order chi connectivity index (χ0) is 16.0. The van der Waals surface area contributed by atoms with E-state index in [1.807, 2.05) is 19.0 Å². The summed E-state index contributed by atoms with van der Waals surface area (Å²) >= 11 is 0. The van der Waals surface area contributed by atoms with E-state index < -0.39 is 17.8 Å². The second kappa shape index (κ2) is 7.58. The average molecular weight is 297 g/mol. The number of carbonyl (C=O) groups is 2. The summed E-state index contributed by atoms with van der Waals surface area (Å²) in [5.41, 5.74) is -0.200. The number of benzene rings is 1. The Morgan fingerprint density at radius 2 is 1.90 bits per heavy atom. The van der Waals surface area contributed by atoms with Crippen molar-refractivity contribution in [2.75, 3.05) is 39.5 Å². The molecular formula is C14H20FN3O3. The Morgan fingerprint density at radius 3 is 2.43 bits per heavy atom. The highest BCUT2D eigenvalue weighted by Crippen LogP contribution is 2.16. The lowest BCUT2D eigenvalue weighted by Crippen LogP contribution is -2.33. The van der Waals surface area contributed by atoms with Crippen LogP contribution in [0.1, 0.15) is 16.8 Å². The molecule has 6 nitrogen and oxygen atoms in total. The molecule has 0 aromatic heterocycles. The van der Waals surface area contributed by atoms with Crippen molar-refractivity contribution >= 4 is 17.7 Å². The number of carbonyl (C=O) groups excluding carboxylic acids is 1. The summed E-state index contributed by atoms with van der Waals surface area (Å²) in [6.45, 7) is 1.39. The molecule has 1 aromatic carbocycles. The van der Waals surface area contributed by atoms with Crippen LogP contribution in [0.4, 0.5) is 14.9 Å². The molecule has 0 heterocycles. The number of nitrogens with one attached hydrogen (secondary N) is 1. The van der Waals surface area contributed by atoms with E-state index in [9.17, 15) is 14.0 Å². The number of nitrogens with zero attached hydrogens (tertiary/aromatic N) is 2. The fourth-order valence-electron chi connectivity index (χ4n) is 1.69. The number of amides is 2. The first kappa shape index (κ1) is 16.9. The molecule has 1 aromatic rings. The normalized spacial score (nSPS) is 10.5. The van der Waals surface area contributed by atoms with E-state index in [-0.39, 0.29) is 11.3 Å². The SMILES string of the molecule is CN(C)CCCN(C)C(=O)Nc1ccc(C(=O)O)cc1F. The predicted octanol–water partition coefficient (Wildman–Crippen LogP) is 1.94. The number of carboxylic acid groups (broad SMARTS) is 1. The Labute approximate surface area is 123 Å². The number of hydrogen-bond acceptors (Lipinski definition) is 3. The maximum absolute atomic E-state index is 13.7. The van der Waals surface area contributed by atoms with Crippen LogP contribution in [0.25, 0.3) is 0 Å². The third-order valence-corrected chi connectivity index (χ3v) is 2.90. The molecule has 116 valence electrons. The van der Waals surface area contributed by atoms with Gasteiger partial charge in [-0.1, -0.05) is 0 Å². The van der Waals surface area contributed by atoms with E-state index in [1.54, 1.807) is 7.05 Å². The van der Waals surface area contributed by atoms with Crippen molar-refractivity contribution in [3.8, 4) is 0 Å². The van der Waals surface area contributed by atoms with Gasteiger partial charge in [0.25, 0.3) is 0 Å². The molecule has 0 saturated carbocycles. The Balaban J connectivity index is 2.60. The van der Waals surface area contributed by atoms with E-state index >= 15 is 0 Å². The molecule has 0 aliphatic heterocycles. The van der Waals surface area contributed by atoms with E-state index in [2.05, 4.69) is 5.32 Å². The van der Waals surface area contributed by atoms with Crippen LogP contribution in [0, 0.1) is 5.82 Å². The number of urea groups is 1. The molecule has 0 bridgehead atoms. The van der Waals surface area contributed by atoms with Crippen LogP contribution in [-0.2, 0) is 0 Å². The number of carboxylic acids is 1. The Morgan fingerprint density at radius 1 is 1.24 bits per heavy atom. The van der Waals surface area contributed by atoms with Gasteiger partial charge in [0.2, 0.25) is 0 Å². The topological polar surface area (TPSA) is 72.9 Å². The lowest BCUT2D eigenvalue weighted by Gasteiger charge is -2.19. The number of rotatable bonds is 6. The largest absolute Gasteiger partial charge is 0.478 e. The van der Waals surface area contributed by atoms with E-state index in [0.717, 1.165) is 19.0 Å². The minimum absolute atomic E-state index is 0.0375. The predicted molar refractivity (Wildman–Crippen MR) is 78.2 cm³/mol. The van der Waals surface area contributed by atoms with Crippen LogP contribution >= 0.6 is 0 Å². The number of aromatic carboxylic acids is 1. The molecule has 0 aliphatic carbocycles. The Kier molecular flexibility index (Phi) is 6.10. The molecule has 0 spiro atoms. The van der Waals surface area contributed by atoms with Crippen molar-refractivity contribution in [3.05, 3.63) is 29.6 Å². The van der Waals surface area contributed by atoms with Gasteiger partial charge < -0.3 is 20.2 Å². The maximum Gasteiger partial charge on any atom is 0.335 e. The first-order valence-corrected chi connectivity index (χ1v) is 6.51. The van der Waals surface area contributed by atoms with Crippen molar-refractivity contribution in [2.45, 2.75) is 6.42 Å². The summed E-state index contributed by atoms with van der Waals surface area (Å²) in [4.78, 5) is 26.0. The van der Waals surface area contributed by atoms with Gasteiger partial charge in [0, 0.05) is 13.6 Å². The second-order valence-electron chi connectivity index (χ2n) is 5.01. The second-order valence-corrected chi connectivity index (χ2v) is 5.01. The van der Waals surface area contributed by atoms with Crippen LogP contribution < -0.4 is 5.32 Å². The summed E-state index contributed by atoms with van der Waals surface area (Å²) in [5, 5.41) is 11.2.